The van der Waals surface area contributed by atoms with E-state index in [2.05, 4.69) is 4.74 Å². The molecule has 120 valence electrons. The van der Waals surface area contributed by atoms with Crippen LogP contribution in [0.2, 0.25) is 5.02 Å². The minimum Gasteiger partial charge on any atom is -0.463 e. The second-order valence-electron chi connectivity index (χ2n) is 5.04. The maximum atomic E-state index is 12.3. The largest absolute Gasteiger partial charge is 0.463 e. The molecule has 2 aromatic heterocycles. The van der Waals surface area contributed by atoms with Gasteiger partial charge >= 0.3 is 5.97 Å². The SMILES string of the molecule is COC(=O)c1occc1Cn1cc(C#N)c(=O)c2cc(Cl)ccc21. The first-order chi connectivity index (χ1) is 11.5. The number of ether oxygens (including phenoxy) is 1. The van der Waals surface area contributed by atoms with Crippen molar-refractivity contribution in [3.8, 4) is 6.07 Å². The molecule has 0 atom stereocenters. The third-order valence-electron chi connectivity index (χ3n) is 3.62. The van der Waals surface area contributed by atoms with Gasteiger partial charge in [0.2, 0.25) is 11.2 Å². The number of carbonyl (C=O) groups excluding carboxylic acids is 1. The molecule has 7 heteroatoms. The Morgan fingerprint density at radius 1 is 1.42 bits per heavy atom. The van der Waals surface area contributed by atoms with Crippen molar-refractivity contribution < 1.29 is 13.9 Å². The van der Waals surface area contributed by atoms with E-state index in [1.165, 1.54) is 25.6 Å². The molecule has 24 heavy (non-hydrogen) atoms. The van der Waals surface area contributed by atoms with Gasteiger partial charge in [0.15, 0.2) is 0 Å². The van der Waals surface area contributed by atoms with Crippen LogP contribution in [0.15, 0.2) is 45.9 Å². The molecule has 0 bridgehead atoms. The average molecular weight is 343 g/mol. The quantitative estimate of drug-likeness (QED) is 0.683. The zero-order chi connectivity index (χ0) is 17.3. The highest BCUT2D eigenvalue weighted by molar-refractivity contribution is 6.31. The van der Waals surface area contributed by atoms with Gasteiger partial charge < -0.3 is 13.7 Å². The van der Waals surface area contributed by atoms with E-state index in [0.717, 1.165) is 0 Å². The van der Waals surface area contributed by atoms with Crippen molar-refractivity contribution in [2.45, 2.75) is 6.54 Å². The van der Waals surface area contributed by atoms with Gasteiger partial charge in [0.1, 0.15) is 11.6 Å². The first-order valence-corrected chi connectivity index (χ1v) is 7.30. The van der Waals surface area contributed by atoms with Gasteiger partial charge in [-0.2, -0.15) is 5.26 Å². The lowest BCUT2D eigenvalue weighted by atomic mass is 10.1. The molecule has 3 rings (SSSR count). The lowest BCUT2D eigenvalue weighted by molar-refractivity contribution is 0.0563. The number of hydrogen-bond donors (Lipinski definition) is 0. The van der Waals surface area contributed by atoms with Gasteiger partial charge in [-0.25, -0.2) is 4.79 Å². The molecule has 0 spiro atoms. The Bertz CT molecular complexity index is 1040. The molecule has 2 heterocycles. The van der Waals surface area contributed by atoms with Crippen molar-refractivity contribution in [3.63, 3.8) is 0 Å². The summed E-state index contributed by atoms with van der Waals surface area (Å²) in [6.45, 7) is 0.230. The first kappa shape index (κ1) is 15.8. The lowest BCUT2D eigenvalue weighted by Crippen LogP contribution is -2.14. The van der Waals surface area contributed by atoms with Crippen molar-refractivity contribution in [1.82, 2.24) is 4.57 Å². The Morgan fingerprint density at radius 3 is 2.92 bits per heavy atom. The standard InChI is InChI=1S/C17H11ClN2O4/c1-23-17(22)16-10(4-5-24-16)8-20-9-11(7-19)15(21)13-6-12(18)2-3-14(13)20/h2-6,9H,8H2,1H3. The number of esters is 1. The van der Waals surface area contributed by atoms with Crippen LogP contribution in [0.1, 0.15) is 21.7 Å². The molecule has 0 aliphatic carbocycles. The molecule has 0 fully saturated rings. The summed E-state index contributed by atoms with van der Waals surface area (Å²) in [7, 11) is 1.26. The minimum atomic E-state index is -0.594. The highest BCUT2D eigenvalue weighted by Gasteiger charge is 2.17. The number of furan rings is 1. The van der Waals surface area contributed by atoms with E-state index in [0.29, 0.717) is 21.5 Å². The number of fused-ring (bicyclic) bond motifs is 1. The molecular formula is C17H11ClN2O4. The van der Waals surface area contributed by atoms with Gasteiger partial charge in [-0.15, -0.1) is 0 Å². The predicted octanol–water partition coefficient (Wildman–Crippen LogP) is 2.95. The molecule has 0 N–H and O–H groups in total. The second kappa shape index (κ2) is 6.22. The van der Waals surface area contributed by atoms with E-state index < -0.39 is 5.97 Å². The Kier molecular flexibility index (Phi) is 4.11. The molecule has 0 radical (unpaired) electrons. The third kappa shape index (κ3) is 2.66. The zero-order valence-corrected chi connectivity index (χ0v) is 13.3. The van der Waals surface area contributed by atoms with Gasteiger partial charge in [-0.05, 0) is 24.3 Å². The summed E-state index contributed by atoms with van der Waals surface area (Å²) in [4.78, 5) is 24.0. The summed E-state index contributed by atoms with van der Waals surface area (Å²) in [5, 5.41) is 9.93. The molecule has 0 unspecified atom stereocenters. The van der Waals surface area contributed by atoms with Crippen LogP contribution in [0, 0.1) is 11.3 Å². The summed E-state index contributed by atoms with van der Waals surface area (Å²) < 4.78 is 11.5. The number of hydrogen-bond acceptors (Lipinski definition) is 5. The van der Waals surface area contributed by atoms with Crippen LogP contribution >= 0.6 is 11.6 Å². The maximum Gasteiger partial charge on any atom is 0.374 e. The molecular weight excluding hydrogens is 332 g/mol. The number of methoxy groups -OCH3 is 1. The van der Waals surface area contributed by atoms with E-state index in [1.807, 2.05) is 6.07 Å². The number of halogens is 1. The van der Waals surface area contributed by atoms with Crippen molar-refractivity contribution >= 4 is 28.5 Å². The summed E-state index contributed by atoms with van der Waals surface area (Å²) in [6.07, 6.45) is 2.83. The Morgan fingerprint density at radius 2 is 2.21 bits per heavy atom. The van der Waals surface area contributed by atoms with Crippen molar-refractivity contribution in [3.05, 3.63) is 68.9 Å². The Balaban J connectivity index is 2.19. The summed E-state index contributed by atoms with van der Waals surface area (Å²) >= 11 is 5.96. The van der Waals surface area contributed by atoms with E-state index >= 15 is 0 Å². The zero-order valence-electron chi connectivity index (χ0n) is 12.6. The number of nitriles is 1. The molecule has 0 saturated carbocycles. The Hall–Kier alpha value is -3.04. The van der Waals surface area contributed by atoms with E-state index in [-0.39, 0.29) is 23.3 Å². The number of pyridine rings is 1. The predicted molar refractivity (Wildman–Crippen MR) is 87.1 cm³/mol. The minimum absolute atomic E-state index is 0.00659. The maximum absolute atomic E-state index is 12.3. The van der Waals surface area contributed by atoms with E-state index in [9.17, 15) is 14.9 Å². The highest BCUT2D eigenvalue weighted by atomic mass is 35.5. The van der Waals surface area contributed by atoms with E-state index in [1.54, 1.807) is 22.8 Å². The lowest BCUT2D eigenvalue weighted by Gasteiger charge is -2.11. The van der Waals surface area contributed by atoms with Crippen molar-refractivity contribution in [2.24, 2.45) is 0 Å². The van der Waals surface area contributed by atoms with Crippen LogP contribution in [-0.4, -0.2) is 17.6 Å². The van der Waals surface area contributed by atoms with Crippen LogP contribution in [0.5, 0.6) is 0 Å². The average Bonchev–Trinajstić information content (AvgIpc) is 3.04. The number of rotatable bonds is 3. The third-order valence-corrected chi connectivity index (χ3v) is 3.86. The summed E-state index contributed by atoms with van der Waals surface area (Å²) in [5.74, 6) is -0.513. The van der Waals surface area contributed by atoms with Gasteiger partial charge in [0, 0.05) is 22.2 Å². The fourth-order valence-corrected chi connectivity index (χ4v) is 2.67. The van der Waals surface area contributed by atoms with Crippen LogP contribution in [-0.2, 0) is 11.3 Å². The van der Waals surface area contributed by atoms with Gasteiger partial charge in [0.25, 0.3) is 0 Å². The molecule has 0 aliphatic heterocycles. The Labute approximate surface area is 141 Å². The second-order valence-corrected chi connectivity index (χ2v) is 5.48. The van der Waals surface area contributed by atoms with Gasteiger partial charge in [0.05, 0.1) is 25.4 Å². The van der Waals surface area contributed by atoms with Crippen molar-refractivity contribution in [2.75, 3.05) is 7.11 Å². The van der Waals surface area contributed by atoms with Crippen LogP contribution in [0.25, 0.3) is 10.9 Å². The monoisotopic (exact) mass is 342 g/mol. The van der Waals surface area contributed by atoms with Gasteiger partial charge in [-0.3, -0.25) is 4.79 Å². The molecule has 3 aromatic rings. The highest BCUT2D eigenvalue weighted by Crippen LogP contribution is 2.20. The number of benzene rings is 1. The van der Waals surface area contributed by atoms with Gasteiger partial charge in [-0.1, -0.05) is 11.6 Å². The molecule has 0 saturated heterocycles. The summed E-state index contributed by atoms with van der Waals surface area (Å²) in [5.41, 5.74) is 0.783. The number of nitrogens with zero attached hydrogens (tertiary/aromatic N) is 2. The van der Waals surface area contributed by atoms with Crippen LogP contribution in [0.4, 0.5) is 0 Å². The number of carbonyl (C=O) groups is 1. The first-order valence-electron chi connectivity index (χ1n) is 6.92. The van der Waals surface area contributed by atoms with Crippen LogP contribution < -0.4 is 5.43 Å². The topological polar surface area (TPSA) is 85.2 Å². The fourth-order valence-electron chi connectivity index (χ4n) is 2.50. The normalized spacial score (nSPS) is 10.5. The molecule has 0 amide bonds. The van der Waals surface area contributed by atoms with Crippen molar-refractivity contribution in [1.29, 1.82) is 5.26 Å². The van der Waals surface area contributed by atoms with E-state index in [4.69, 9.17) is 16.0 Å². The molecule has 0 aliphatic rings. The summed E-state index contributed by atoms with van der Waals surface area (Å²) in [6, 6.07) is 8.39. The smallest absolute Gasteiger partial charge is 0.374 e. The molecule has 6 nitrogen and oxygen atoms in total. The number of aromatic nitrogens is 1. The van der Waals surface area contributed by atoms with Crippen LogP contribution in [0.3, 0.4) is 0 Å². The molecule has 1 aromatic carbocycles. The fraction of sp³-hybridized carbons (Fsp3) is 0.118.